The molecular weight excluding hydrogens is 392 g/mol. The van der Waals surface area contributed by atoms with Crippen LogP contribution in [0.25, 0.3) is 11.4 Å². The molecule has 8 heteroatoms. The minimum atomic E-state index is -0.185. The third-order valence-corrected chi connectivity index (χ3v) is 5.27. The van der Waals surface area contributed by atoms with E-state index in [9.17, 15) is 4.79 Å². The molecule has 0 aliphatic carbocycles. The van der Waals surface area contributed by atoms with Crippen molar-refractivity contribution in [2.75, 3.05) is 25.5 Å². The summed E-state index contributed by atoms with van der Waals surface area (Å²) in [6, 6.07) is 14.5. The number of halogens is 1. The Labute approximate surface area is 173 Å². The van der Waals surface area contributed by atoms with Crippen LogP contribution in [0.15, 0.2) is 53.1 Å². The highest BCUT2D eigenvalue weighted by Gasteiger charge is 2.29. The number of benzene rings is 2. The molecule has 1 fully saturated rings. The van der Waals surface area contributed by atoms with E-state index in [1.807, 2.05) is 36.4 Å². The van der Waals surface area contributed by atoms with Crippen LogP contribution in [-0.4, -0.2) is 41.3 Å². The van der Waals surface area contributed by atoms with Gasteiger partial charge in [0.1, 0.15) is 5.75 Å². The number of ether oxygens (including phenoxy) is 1. The molecule has 0 radical (unpaired) electrons. The summed E-state index contributed by atoms with van der Waals surface area (Å²) in [7, 11) is 1.62. The quantitative estimate of drug-likeness (QED) is 0.665. The van der Waals surface area contributed by atoms with Crippen LogP contribution in [0.5, 0.6) is 5.75 Å². The highest BCUT2D eigenvalue weighted by atomic mass is 35.5. The summed E-state index contributed by atoms with van der Waals surface area (Å²) < 4.78 is 10.8. The molecule has 2 heterocycles. The highest BCUT2D eigenvalue weighted by molar-refractivity contribution is 6.33. The zero-order chi connectivity index (χ0) is 20.2. The average molecular weight is 413 g/mol. The molecule has 0 spiro atoms. The summed E-state index contributed by atoms with van der Waals surface area (Å²) >= 11 is 6.14. The van der Waals surface area contributed by atoms with Crippen molar-refractivity contribution in [3.05, 3.63) is 59.4 Å². The smallest absolute Gasteiger partial charge is 0.321 e. The molecule has 1 aliphatic heterocycles. The fourth-order valence-corrected chi connectivity index (χ4v) is 3.58. The van der Waals surface area contributed by atoms with Gasteiger partial charge in [0, 0.05) is 18.7 Å². The van der Waals surface area contributed by atoms with E-state index >= 15 is 0 Å². The van der Waals surface area contributed by atoms with Crippen LogP contribution in [-0.2, 0) is 0 Å². The number of likely N-dealkylation sites (tertiary alicyclic amines) is 1. The van der Waals surface area contributed by atoms with Crippen molar-refractivity contribution >= 4 is 23.3 Å². The topological polar surface area (TPSA) is 80.5 Å². The molecule has 2 aromatic carbocycles. The summed E-state index contributed by atoms with van der Waals surface area (Å²) in [5, 5.41) is 7.49. The van der Waals surface area contributed by atoms with E-state index in [1.54, 1.807) is 24.1 Å². The second-order valence-electron chi connectivity index (χ2n) is 6.88. The Kier molecular flexibility index (Phi) is 5.67. The minimum Gasteiger partial charge on any atom is -0.497 e. The number of methoxy groups -OCH3 is 1. The average Bonchev–Trinajstić information content (AvgIpc) is 3.26. The first kappa shape index (κ1) is 19.3. The fourth-order valence-electron chi connectivity index (χ4n) is 3.40. The van der Waals surface area contributed by atoms with E-state index in [0.717, 1.165) is 24.2 Å². The molecule has 29 heavy (non-hydrogen) atoms. The minimum absolute atomic E-state index is 0.00685. The maximum absolute atomic E-state index is 12.7. The number of amides is 2. The number of hydrogen-bond donors (Lipinski definition) is 1. The lowest BCUT2D eigenvalue weighted by molar-refractivity contribution is 0.184. The van der Waals surface area contributed by atoms with Crippen molar-refractivity contribution in [1.82, 2.24) is 15.0 Å². The lowest BCUT2D eigenvalue weighted by Crippen LogP contribution is -2.41. The van der Waals surface area contributed by atoms with Gasteiger partial charge in [-0.25, -0.2) is 4.79 Å². The third kappa shape index (κ3) is 4.35. The van der Waals surface area contributed by atoms with E-state index < -0.39 is 0 Å². The first-order chi connectivity index (χ1) is 14.1. The lowest BCUT2D eigenvalue weighted by Gasteiger charge is -2.31. The summed E-state index contributed by atoms with van der Waals surface area (Å²) in [5.41, 5.74) is 1.42. The monoisotopic (exact) mass is 412 g/mol. The predicted octanol–water partition coefficient (Wildman–Crippen LogP) is 4.81. The van der Waals surface area contributed by atoms with Crippen molar-refractivity contribution in [3.63, 3.8) is 0 Å². The fraction of sp³-hybridized carbons (Fsp3) is 0.286. The molecular formula is C21H21ClN4O3. The summed E-state index contributed by atoms with van der Waals surface area (Å²) in [6.45, 7) is 1.18. The van der Waals surface area contributed by atoms with Gasteiger partial charge < -0.3 is 19.5 Å². The maximum Gasteiger partial charge on any atom is 0.321 e. The molecule has 1 unspecified atom stereocenters. The number of aromatic nitrogens is 2. The van der Waals surface area contributed by atoms with Gasteiger partial charge in [0.25, 0.3) is 0 Å². The van der Waals surface area contributed by atoms with Gasteiger partial charge in [-0.15, -0.1) is 0 Å². The number of anilines is 1. The van der Waals surface area contributed by atoms with Gasteiger partial charge in [-0.1, -0.05) is 41.0 Å². The van der Waals surface area contributed by atoms with Crippen molar-refractivity contribution in [2.45, 2.75) is 18.8 Å². The first-order valence-corrected chi connectivity index (χ1v) is 9.80. The van der Waals surface area contributed by atoms with Crippen LogP contribution in [0.2, 0.25) is 5.02 Å². The molecule has 3 aromatic rings. The van der Waals surface area contributed by atoms with E-state index in [1.165, 1.54) is 0 Å². The molecule has 1 N–H and O–H groups in total. The number of nitrogens with zero attached hydrogens (tertiary/aromatic N) is 3. The molecule has 4 rings (SSSR count). The van der Waals surface area contributed by atoms with Gasteiger partial charge in [0.15, 0.2) is 0 Å². The first-order valence-electron chi connectivity index (χ1n) is 9.42. The van der Waals surface area contributed by atoms with E-state index in [-0.39, 0.29) is 11.9 Å². The van der Waals surface area contributed by atoms with Gasteiger partial charge in [-0.2, -0.15) is 4.98 Å². The molecule has 0 saturated carbocycles. The molecule has 2 amide bonds. The van der Waals surface area contributed by atoms with Crippen LogP contribution >= 0.6 is 11.6 Å². The van der Waals surface area contributed by atoms with E-state index in [0.29, 0.717) is 35.5 Å². The highest BCUT2D eigenvalue weighted by Crippen LogP contribution is 2.29. The lowest BCUT2D eigenvalue weighted by atomic mass is 9.98. The van der Waals surface area contributed by atoms with Gasteiger partial charge >= 0.3 is 6.03 Å². The summed E-state index contributed by atoms with van der Waals surface area (Å²) in [4.78, 5) is 19.0. The number of piperidine rings is 1. The Hall–Kier alpha value is -3.06. The van der Waals surface area contributed by atoms with Crippen molar-refractivity contribution in [1.29, 1.82) is 0 Å². The second kappa shape index (κ2) is 8.53. The largest absolute Gasteiger partial charge is 0.497 e. The Morgan fingerprint density at radius 3 is 2.97 bits per heavy atom. The number of nitrogens with one attached hydrogen (secondary N) is 1. The number of para-hydroxylation sites is 1. The van der Waals surface area contributed by atoms with Gasteiger partial charge in [0.2, 0.25) is 11.7 Å². The Morgan fingerprint density at radius 1 is 1.28 bits per heavy atom. The molecule has 150 valence electrons. The standard InChI is InChI=1S/C21H21ClN4O3/c1-28-16-8-4-6-14(12-16)19-24-20(29-25-19)15-7-5-11-26(13-15)21(27)23-18-10-3-2-9-17(18)22/h2-4,6,8-10,12,15H,5,7,11,13H2,1H3,(H,23,27). The zero-order valence-electron chi connectivity index (χ0n) is 16.0. The number of urea groups is 1. The molecule has 1 atom stereocenters. The van der Waals surface area contributed by atoms with Crippen LogP contribution in [0, 0.1) is 0 Å². The number of rotatable bonds is 4. The number of carbonyl (C=O) groups excluding carboxylic acids is 1. The van der Waals surface area contributed by atoms with Gasteiger partial charge in [-0.3, -0.25) is 0 Å². The molecule has 1 aliphatic rings. The summed E-state index contributed by atoms with van der Waals surface area (Å²) in [5.74, 6) is 1.77. The van der Waals surface area contributed by atoms with Gasteiger partial charge in [0.05, 0.1) is 23.7 Å². The van der Waals surface area contributed by atoms with E-state index in [2.05, 4.69) is 15.5 Å². The van der Waals surface area contributed by atoms with Crippen molar-refractivity contribution in [3.8, 4) is 17.1 Å². The Balaban J connectivity index is 1.45. The van der Waals surface area contributed by atoms with E-state index in [4.69, 9.17) is 20.9 Å². The molecule has 7 nitrogen and oxygen atoms in total. The van der Waals surface area contributed by atoms with Crippen LogP contribution in [0.4, 0.5) is 10.5 Å². The van der Waals surface area contributed by atoms with Crippen molar-refractivity contribution < 1.29 is 14.1 Å². The molecule has 0 bridgehead atoms. The summed E-state index contributed by atoms with van der Waals surface area (Å²) in [6.07, 6.45) is 1.74. The number of hydrogen-bond acceptors (Lipinski definition) is 5. The van der Waals surface area contributed by atoms with Crippen molar-refractivity contribution in [2.24, 2.45) is 0 Å². The normalized spacial score (nSPS) is 16.5. The molecule has 1 aromatic heterocycles. The second-order valence-corrected chi connectivity index (χ2v) is 7.29. The van der Waals surface area contributed by atoms with Gasteiger partial charge in [-0.05, 0) is 37.1 Å². The maximum atomic E-state index is 12.7. The Morgan fingerprint density at radius 2 is 2.14 bits per heavy atom. The molecule has 1 saturated heterocycles. The predicted molar refractivity (Wildman–Crippen MR) is 110 cm³/mol. The third-order valence-electron chi connectivity index (χ3n) is 4.94. The SMILES string of the molecule is COc1cccc(-c2noc(C3CCCN(C(=O)Nc4ccccc4Cl)C3)n2)c1. The van der Waals surface area contributed by atoms with Crippen LogP contribution in [0.3, 0.4) is 0 Å². The Bertz CT molecular complexity index is 1010. The number of carbonyl (C=O) groups is 1. The zero-order valence-corrected chi connectivity index (χ0v) is 16.7. The van der Waals surface area contributed by atoms with Crippen LogP contribution in [0.1, 0.15) is 24.7 Å². The van der Waals surface area contributed by atoms with Crippen LogP contribution < -0.4 is 10.1 Å².